The average Bonchev–Trinajstić information content (AvgIpc) is 2.97. The molecule has 1 aromatic rings. The van der Waals surface area contributed by atoms with E-state index >= 15 is 0 Å². The van der Waals surface area contributed by atoms with Crippen molar-refractivity contribution in [2.75, 3.05) is 5.32 Å². The van der Waals surface area contributed by atoms with E-state index in [4.69, 9.17) is 5.73 Å². The minimum atomic E-state index is 0. The Morgan fingerprint density at radius 1 is 1.62 bits per heavy atom. The first-order valence-electron chi connectivity index (χ1n) is 5.31. The van der Waals surface area contributed by atoms with Crippen LogP contribution in [0, 0.1) is 5.92 Å². The van der Waals surface area contributed by atoms with Gasteiger partial charge in [0.1, 0.15) is 5.82 Å². The standard InChI is InChI=1S/C11H16N4.HI/c1-2-8-7-9(8)14-11(12)15-10-5-3-4-6-13-10;/h3-6,8-9H,2,7H2,1H3,(H3,12,13,14,15);1H/t8-,9-;/m1./s1. The summed E-state index contributed by atoms with van der Waals surface area (Å²) in [7, 11) is 0. The smallest absolute Gasteiger partial charge is 0.194 e. The second kappa shape index (κ2) is 6.03. The minimum Gasteiger partial charge on any atom is -0.370 e. The zero-order chi connectivity index (χ0) is 10.7. The predicted octanol–water partition coefficient (Wildman–Crippen LogP) is 2.22. The molecule has 1 fully saturated rings. The highest BCUT2D eigenvalue weighted by atomic mass is 127. The Morgan fingerprint density at radius 3 is 3.00 bits per heavy atom. The maximum Gasteiger partial charge on any atom is 0.194 e. The number of hydrogen-bond donors (Lipinski definition) is 2. The molecule has 0 amide bonds. The van der Waals surface area contributed by atoms with E-state index in [0.29, 0.717) is 12.0 Å². The van der Waals surface area contributed by atoms with Crippen molar-refractivity contribution in [3.63, 3.8) is 0 Å². The molecule has 88 valence electrons. The summed E-state index contributed by atoms with van der Waals surface area (Å²) in [5.41, 5.74) is 5.76. The lowest BCUT2D eigenvalue weighted by Crippen LogP contribution is -2.23. The van der Waals surface area contributed by atoms with Crippen molar-refractivity contribution in [1.29, 1.82) is 0 Å². The van der Waals surface area contributed by atoms with Crippen LogP contribution in [0.25, 0.3) is 0 Å². The van der Waals surface area contributed by atoms with Crippen LogP contribution in [0.5, 0.6) is 0 Å². The summed E-state index contributed by atoms with van der Waals surface area (Å²) in [6, 6.07) is 6.07. The zero-order valence-electron chi connectivity index (χ0n) is 9.26. The molecule has 2 rings (SSSR count). The van der Waals surface area contributed by atoms with Crippen LogP contribution in [0.1, 0.15) is 19.8 Å². The molecule has 4 nitrogen and oxygen atoms in total. The molecule has 0 radical (unpaired) electrons. The minimum absolute atomic E-state index is 0. The summed E-state index contributed by atoms with van der Waals surface area (Å²) in [4.78, 5) is 8.49. The number of pyridine rings is 1. The third-order valence-electron chi connectivity index (χ3n) is 2.64. The third-order valence-corrected chi connectivity index (χ3v) is 2.64. The maximum atomic E-state index is 5.76. The molecule has 2 atom stereocenters. The van der Waals surface area contributed by atoms with Gasteiger partial charge in [0.25, 0.3) is 0 Å². The summed E-state index contributed by atoms with van der Waals surface area (Å²) in [6.07, 6.45) is 4.08. The Hall–Kier alpha value is -0.850. The van der Waals surface area contributed by atoms with Gasteiger partial charge in [0.2, 0.25) is 0 Å². The van der Waals surface area contributed by atoms with Crippen LogP contribution in [0.2, 0.25) is 0 Å². The first kappa shape index (κ1) is 13.2. The lowest BCUT2D eigenvalue weighted by Gasteiger charge is -2.03. The van der Waals surface area contributed by atoms with Crippen LogP contribution in [-0.2, 0) is 0 Å². The zero-order valence-corrected chi connectivity index (χ0v) is 11.6. The topological polar surface area (TPSA) is 63.3 Å². The Kier molecular flexibility index (Phi) is 4.98. The Bertz CT molecular complexity index is 352. The van der Waals surface area contributed by atoms with Crippen molar-refractivity contribution < 1.29 is 0 Å². The molecular weight excluding hydrogens is 315 g/mol. The molecule has 0 bridgehead atoms. The second-order valence-electron chi connectivity index (χ2n) is 3.83. The fourth-order valence-electron chi connectivity index (χ4n) is 1.61. The lowest BCUT2D eigenvalue weighted by molar-refractivity contribution is 0.759. The van der Waals surface area contributed by atoms with Gasteiger partial charge in [-0.15, -0.1) is 24.0 Å². The third kappa shape index (κ3) is 3.62. The van der Waals surface area contributed by atoms with Gasteiger partial charge in [-0.05, 0) is 24.5 Å². The van der Waals surface area contributed by atoms with Crippen LogP contribution in [0.15, 0.2) is 29.4 Å². The molecule has 1 aliphatic rings. The number of aliphatic imine (C=N–C) groups is 1. The molecule has 0 spiro atoms. The van der Waals surface area contributed by atoms with E-state index in [1.807, 2.05) is 18.2 Å². The highest BCUT2D eigenvalue weighted by Gasteiger charge is 2.35. The molecule has 16 heavy (non-hydrogen) atoms. The van der Waals surface area contributed by atoms with E-state index in [1.54, 1.807) is 6.20 Å². The number of hydrogen-bond acceptors (Lipinski definition) is 2. The average molecular weight is 332 g/mol. The molecule has 0 aliphatic heterocycles. The summed E-state index contributed by atoms with van der Waals surface area (Å²) < 4.78 is 0. The fourth-order valence-corrected chi connectivity index (χ4v) is 1.61. The highest BCUT2D eigenvalue weighted by molar-refractivity contribution is 14.0. The van der Waals surface area contributed by atoms with Crippen LogP contribution in [0.4, 0.5) is 5.82 Å². The summed E-state index contributed by atoms with van der Waals surface area (Å²) in [5.74, 6) is 1.94. The van der Waals surface area contributed by atoms with Crippen LogP contribution < -0.4 is 11.1 Å². The summed E-state index contributed by atoms with van der Waals surface area (Å²) in [5, 5.41) is 2.97. The van der Waals surface area contributed by atoms with Gasteiger partial charge in [0.15, 0.2) is 5.96 Å². The molecular formula is C11H17IN4. The number of halogens is 1. The number of aromatic nitrogens is 1. The predicted molar refractivity (Wildman–Crippen MR) is 77.1 cm³/mol. The first-order chi connectivity index (χ1) is 7.29. The van der Waals surface area contributed by atoms with Crippen molar-refractivity contribution in [3.8, 4) is 0 Å². The summed E-state index contributed by atoms with van der Waals surface area (Å²) in [6.45, 7) is 2.18. The quantitative estimate of drug-likeness (QED) is 0.507. The van der Waals surface area contributed by atoms with Gasteiger partial charge in [-0.1, -0.05) is 19.4 Å². The molecule has 0 aromatic carbocycles. The maximum absolute atomic E-state index is 5.76. The molecule has 5 heteroatoms. The molecule has 1 heterocycles. The number of nitrogens with zero attached hydrogens (tertiary/aromatic N) is 2. The van der Waals surface area contributed by atoms with Gasteiger partial charge in [-0.3, -0.25) is 0 Å². The van der Waals surface area contributed by atoms with Crippen LogP contribution in [0.3, 0.4) is 0 Å². The Balaban J connectivity index is 0.00000128. The van der Waals surface area contributed by atoms with Crippen molar-refractivity contribution in [3.05, 3.63) is 24.4 Å². The highest BCUT2D eigenvalue weighted by Crippen LogP contribution is 2.36. The van der Waals surface area contributed by atoms with E-state index in [1.165, 1.54) is 12.8 Å². The first-order valence-corrected chi connectivity index (χ1v) is 5.31. The largest absolute Gasteiger partial charge is 0.370 e. The molecule has 1 aliphatic carbocycles. The Labute approximate surface area is 113 Å². The number of rotatable bonds is 3. The van der Waals surface area contributed by atoms with Gasteiger partial charge in [-0.2, -0.15) is 0 Å². The van der Waals surface area contributed by atoms with E-state index in [9.17, 15) is 0 Å². The fraction of sp³-hybridized carbons (Fsp3) is 0.455. The molecule has 0 saturated heterocycles. The Morgan fingerprint density at radius 2 is 2.44 bits per heavy atom. The summed E-state index contributed by atoms with van der Waals surface area (Å²) >= 11 is 0. The van der Waals surface area contributed by atoms with Gasteiger partial charge in [-0.25, -0.2) is 9.98 Å². The van der Waals surface area contributed by atoms with E-state index in [0.717, 1.165) is 11.7 Å². The monoisotopic (exact) mass is 332 g/mol. The number of nitrogens with two attached hydrogens (primary N) is 1. The number of guanidine groups is 1. The number of nitrogens with one attached hydrogen (secondary N) is 1. The van der Waals surface area contributed by atoms with Gasteiger partial charge < -0.3 is 11.1 Å². The second-order valence-corrected chi connectivity index (χ2v) is 3.83. The van der Waals surface area contributed by atoms with E-state index < -0.39 is 0 Å². The van der Waals surface area contributed by atoms with Gasteiger partial charge >= 0.3 is 0 Å². The normalized spacial score (nSPS) is 23.4. The lowest BCUT2D eigenvalue weighted by atomic mass is 10.3. The van der Waals surface area contributed by atoms with Crippen LogP contribution >= 0.6 is 24.0 Å². The van der Waals surface area contributed by atoms with Crippen molar-refractivity contribution in [2.24, 2.45) is 16.6 Å². The van der Waals surface area contributed by atoms with E-state index in [2.05, 4.69) is 22.2 Å². The molecule has 1 aromatic heterocycles. The van der Waals surface area contributed by atoms with E-state index in [-0.39, 0.29) is 24.0 Å². The molecule has 3 N–H and O–H groups in total. The van der Waals surface area contributed by atoms with Gasteiger partial charge in [0.05, 0.1) is 6.04 Å². The molecule has 0 unspecified atom stereocenters. The SMILES string of the molecule is CC[C@@H]1C[C@H]1N=C(N)Nc1ccccn1.I. The number of anilines is 1. The van der Waals surface area contributed by atoms with Crippen molar-refractivity contribution >= 4 is 35.8 Å². The van der Waals surface area contributed by atoms with Crippen molar-refractivity contribution in [2.45, 2.75) is 25.8 Å². The molecule has 1 saturated carbocycles. The van der Waals surface area contributed by atoms with Crippen LogP contribution in [-0.4, -0.2) is 17.0 Å². The van der Waals surface area contributed by atoms with Crippen molar-refractivity contribution in [1.82, 2.24) is 4.98 Å². The van der Waals surface area contributed by atoms with Gasteiger partial charge in [0, 0.05) is 6.20 Å².